The van der Waals surface area contributed by atoms with Crippen LogP contribution in [0.3, 0.4) is 0 Å². The van der Waals surface area contributed by atoms with E-state index in [0.29, 0.717) is 24.3 Å². The Hall–Kier alpha value is -1.33. The lowest BCUT2D eigenvalue weighted by Crippen LogP contribution is -2.61. The Bertz CT molecular complexity index is 1390. The highest BCUT2D eigenvalue weighted by Crippen LogP contribution is 2.62. The number of hydrogen-bond acceptors (Lipinski definition) is 18. The lowest BCUT2D eigenvalue weighted by Gasteiger charge is -2.41. The van der Waals surface area contributed by atoms with E-state index in [2.05, 4.69) is 19.3 Å². The Kier molecular flexibility index (Phi) is 9.85. The molecule has 2 aromatic heterocycles. The van der Waals surface area contributed by atoms with Crippen LogP contribution < -0.4 is 5.73 Å². The van der Waals surface area contributed by atoms with E-state index in [1.807, 2.05) is 4.90 Å². The van der Waals surface area contributed by atoms with Crippen LogP contribution in [0.25, 0.3) is 11.2 Å². The number of aromatic nitrogens is 4. The number of anilines is 1. The van der Waals surface area contributed by atoms with E-state index in [4.69, 9.17) is 41.2 Å². The number of phosphoric acid groups is 1. The average Bonchev–Trinajstić information content (AvgIpc) is 3.48. The minimum Gasteiger partial charge on any atom is -0.394 e. The maximum Gasteiger partial charge on any atom is 0.481 e. The predicted octanol–water partition coefficient (Wildman–Crippen LogP) is -3.73. The highest BCUT2D eigenvalue weighted by molar-refractivity contribution is 8.08. The van der Waals surface area contributed by atoms with Gasteiger partial charge in [-0.25, -0.2) is 23.8 Å². The maximum atomic E-state index is 12.7. The number of fused-ring (bicyclic) bond motifs is 1. The van der Waals surface area contributed by atoms with Gasteiger partial charge in [0, 0.05) is 0 Å². The first-order valence-electron chi connectivity index (χ1n) is 12.9. The molecule has 23 heteroatoms. The standard InChI is InChI=1S/C20H32N6O14P2S/c21-17-10-18(23-6-22-17)26(7-24-10)19-11(25-2-1-3-25)12(29)9(37-19)5-36-42(35,43)40-41(33,34)39-20-15(32)13(30)14(31)16(38-20)8(28)4-27/h6-9,11-16,19-20,27-32H,1-5H2,(H,33,34)(H,35,43)(H2,21,22,23)/t8-,9+,11+,12+,13?,14?,15?,16?,19+,20?,42?/m0/s1. The molecule has 0 radical (unpaired) electrons. The summed E-state index contributed by atoms with van der Waals surface area (Å²) in [4.78, 5) is 35.1. The Labute approximate surface area is 248 Å². The normalized spacial score (nSPS) is 37.1. The van der Waals surface area contributed by atoms with Gasteiger partial charge in [-0.3, -0.25) is 14.0 Å². The SMILES string of the molecule is Nc1ncnc2c1ncn2[C@@H]1O[C@H](COP(O)(=S)OP(=O)(O)OC2OC([C@@H](O)CO)C(O)C(O)C2O)[C@@H](O)[C@H]1N1CCC1. The van der Waals surface area contributed by atoms with Gasteiger partial charge in [0.1, 0.15) is 54.6 Å². The van der Waals surface area contributed by atoms with E-state index in [1.54, 1.807) is 4.57 Å². The Balaban J connectivity index is 1.25. The van der Waals surface area contributed by atoms with Crippen LogP contribution in [0.4, 0.5) is 5.82 Å². The molecule has 0 amide bonds. The minimum atomic E-state index is -5.42. The number of aliphatic hydroxyl groups excluding tert-OH is 6. The first-order valence-corrected chi connectivity index (χ1v) is 17.0. The number of aliphatic hydroxyl groups is 6. The number of likely N-dealkylation sites (tertiary alicyclic amines) is 1. The van der Waals surface area contributed by atoms with Gasteiger partial charge in [0.2, 0.25) is 0 Å². The molecule has 3 aliphatic rings. The summed E-state index contributed by atoms with van der Waals surface area (Å²) in [6.45, 7) is -4.80. The van der Waals surface area contributed by atoms with Crippen molar-refractivity contribution in [2.75, 3.05) is 32.0 Å². The number of imidazole rings is 1. The molecule has 5 heterocycles. The van der Waals surface area contributed by atoms with Crippen molar-refractivity contribution in [2.24, 2.45) is 0 Å². The fourth-order valence-electron chi connectivity index (χ4n) is 5.04. The second-order valence-electron chi connectivity index (χ2n) is 10.1. The topological polar surface area (TPSA) is 298 Å². The maximum absolute atomic E-state index is 12.7. The third-order valence-electron chi connectivity index (χ3n) is 7.33. The highest BCUT2D eigenvalue weighted by Gasteiger charge is 2.51. The monoisotopic (exact) mass is 674 g/mol. The zero-order valence-electron chi connectivity index (χ0n) is 22.1. The van der Waals surface area contributed by atoms with Gasteiger partial charge in [-0.05, 0) is 31.3 Å². The molecule has 3 saturated heterocycles. The van der Waals surface area contributed by atoms with Crippen LogP contribution in [0, 0.1) is 0 Å². The van der Waals surface area contributed by atoms with Crippen molar-refractivity contribution in [1.82, 2.24) is 24.4 Å². The van der Waals surface area contributed by atoms with Crippen LogP contribution in [0.15, 0.2) is 12.7 Å². The molecule has 0 spiro atoms. The van der Waals surface area contributed by atoms with Crippen molar-refractivity contribution in [3.05, 3.63) is 12.7 Å². The number of ether oxygens (including phenoxy) is 2. The van der Waals surface area contributed by atoms with Gasteiger partial charge in [0.25, 0.3) is 0 Å². The molecule has 20 nitrogen and oxygen atoms in total. The summed E-state index contributed by atoms with van der Waals surface area (Å²) in [5, 5.41) is 60.2. The summed E-state index contributed by atoms with van der Waals surface area (Å²) in [6.07, 6.45) is -11.3. The zero-order chi connectivity index (χ0) is 31.3. The lowest BCUT2D eigenvalue weighted by atomic mass is 9.96. The molecule has 0 aliphatic carbocycles. The van der Waals surface area contributed by atoms with Gasteiger partial charge in [-0.2, -0.15) is 0 Å². The van der Waals surface area contributed by atoms with E-state index in [1.165, 1.54) is 12.7 Å². The fraction of sp³-hybridized carbons (Fsp3) is 0.750. The molecule has 43 heavy (non-hydrogen) atoms. The average molecular weight is 675 g/mol. The third-order valence-corrected chi connectivity index (χ3v) is 10.8. The van der Waals surface area contributed by atoms with Crippen LogP contribution in [0.5, 0.6) is 0 Å². The molecule has 5 rings (SSSR count). The van der Waals surface area contributed by atoms with Gasteiger partial charge < -0.3 is 60.2 Å². The minimum absolute atomic E-state index is 0.147. The van der Waals surface area contributed by atoms with Gasteiger partial charge in [-0.1, -0.05) is 0 Å². The van der Waals surface area contributed by atoms with E-state index >= 15 is 0 Å². The summed E-state index contributed by atoms with van der Waals surface area (Å²) >= 11 is 4.84. The zero-order valence-corrected chi connectivity index (χ0v) is 24.7. The van der Waals surface area contributed by atoms with Gasteiger partial charge in [0.15, 0.2) is 24.0 Å². The largest absolute Gasteiger partial charge is 0.481 e. The third kappa shape index (κ3) is 6.79. The second-order valence-corrected chi connectivity index (χ2v) is 14.5. The molecule has 12 atom stereocenters. The van der Waals surface area contributed by atoms with Crippen molar-refractivity contribution < 1.29 is 67.8 Å². The molecule has 3 aliphatic heterocycles. The summed E-state index contributed by atoms with van der Waals surface area (Å²) in [5.41, 5.74) is 6.57. The lowest BCUT2D eigenvalue weighted by molar-refractivity contribution is -0.292. The van der Waals surface area contributed by atoms with E-state index in [0.717, 1.165) is 6.42 Å². The van der Waals surface area contributed by atoms with E-state index < -0.39 is 89.0 Å². The van der Waals surface area contributed by atoms with Crippen LogP contribution in [0.2, 0.25) is 0 Å². The summed E-state index contributed by atoms with van der Waals surface area (Å²) in [7, 11) is -5.42. The van der Waals surface area contributed by atoms with E-state index in [-0.39, 0.29) is 5.82 Å². The number of nitrogen functional groups attached to an aromatic ring is 1. The second kappa shape index (κ2) is 12.8. The number of nitrogens with zero attached hydrogens (tertiary/aromatic N) is 5. The van der Waals surface area contributed by atoms with Crippen molar-refractivity contribution >= 4 is 43.3 Å². The van der Waals surface area contributed by atoms with Gasteiger partial charge >= 0.3 is 14.5 Å². The van der Waals surface area contributed by atoms with E-state index in [9.17, 15) is 39.9 Å². The van der Waals surface area contributed by atoms with Gasteiger partial charge in [-0.15, -0.1) is 0 Å². The molecule has 10 N–H and O–H groups in total. The first-order chi connectivity index (χ1) is 20.2. The van der Waals surface area contributed by atoms with Crippen molar-refractivity contribution in [3.63, 3.8) is 0 Å². The highest BCUT2D eigenvalue weighted by atomic mass is 32.5. The molecular weight excluding hydrogens is 642 g/mol. The van der Waals surface area contributed by atoms with Crippen LogP contribution in [-0.4, -0.2) is 146 Å². The predicted molar refractivity (Wildman–Crippen MR) is 144 cm³/mol. The molecule has 2 aromatic rings. The molecule has 7 unspecified atom stereocenters. The van der Waals surface area contributed by atoms with Gasteiger partial charge in [0.05, 0.1) is 25.6 Å². The molecule has 0 saturated carbocycles. The number of nitrogens with two attached hydrogens (primary N) is 1. The van der Waals surface area contributed by atoms with Crippen molar-refractivity contribution in [1.29, 1.82) is 0 Å². The smallest absolute Gasteiger partial charge is 0.394 e. The summed E-state index contributed by atoms with van der Waals surface area (Å²) in [5.74, 6) is 0.147. The summed E-state index contributed by atoms with van der Waals surface area (Å²) < 4.78 is 39.9. The molecule has 242 valence electrons. The quantitative estimate of drug-likeness (QED) is 0.103. The number of hydrogen-bond donors (Lipinski definition) is 9. The molecule has 3 fully saturated rings. The van der Waals surface area contributed by atoms with Crippen LogP contribution in [0.1, 0.15) is 12.6 Å². The Morgan fingerprint density at radius 1 is 1.09 bits per heavy atom. The Morgan fingerprint density at radius 3 is 2.47 bits per heavy atom. The number of phosphoric ester groups is 1. The molecular formula is C20H32N6O14P2S. The number of rotatable bonds is 11. The van der Waals surface area contributed by atoms with Crippen LogP contribution >= 0.6 is 14.5 Å². The summed E-state index contributed by atoms with van der Waals surface area (Å²) in [6, 6.07) is -0.602. The molecule has 0 aromatic carbocycles. The van der Waals surface area contributed by atoms with Crippen molar-refractivity contribution in [2.45, 2.75) is 67.7 Å². The molecule has 0 bridgehead atoms. The van der Waals surface area contributed by atoms with Crippen molar-refractivity contribution in [3.8, 4) is 0 Å². The first kappa shape index (κ1) is 33.0. The fourth-order valence-corrected chi connectivity index (χ4v) is 8.14. The van der Waals surface area contributed by atoms with Crippen LogP contribution in [-0.2, 0) is 39.2 Å². The Morgan fingerprint density at radius 2 is 1.81 bits per heavy atom.